The number of nitrogens with zero attached hydrogens (tertiary/aromatic N) is 2. The van der Waals surface area contributed by atoms with Gasteiger partial charge in [-0.2, -0.15) is 0 Å². The van der Waals surface area contributed by atoms with Crippen LogP contribution in [0.2, 0.25) is 0 Å². The number of hydrogen-bond donors (Lipinski definition) is 2. The SMILES string of the molecule is CCCC(=O)N1CCN(c2ccc(NC(=S)NC(=O)c3ccc(I)cc3)cc2)CC1. The van der Waals surface area contributed by atoms with Crippen molar-refractivity contribution in [3.8, 4) is 0 Å². The van der Waals surface area contributed by atoms with Crippen molar-refractivity contribution in [2.24, 2.45) is 0 Å². The summed E-state index contributed by atoms with van der Waals surface area (Å²) in [5.41, 5.74) is 2.48. The smallest absolute Gasteiger partial charge is 0.257 e. The minimum Gasteiger partial charge on any atom is -0.368 e. The van der Waals surface area contributed by atoms with E-state index in [0.29, 0.717) is 12.0 Å². The van der Waals surface area contributed by atoms with E-state index < -0.39 is 0 Å². The Balaban J connectivity index is 1.50. The number of anilines is 2. The van der Waals surface area contributed by atoms with Crippen LogP contribution in [0.4, 0.5) is 11.4 Å². The van der Waals surface area contributed by atoms with Crippen molar-refractivity contribution in [2.75, 3.05) is 36.4 Å². The number of thiocarbonyl (C=S) groups is 1. The lowest BCUT2D eigenvalue weighted by Crippen LogP contribution is -2.48. The maximum Gasteiger partial charge on any atom is 0.257 e. The number of benzene rings is 2. The fourth-order valence-electron chi connectivity index (χ4n) is 3.28. The lowest BCUT2D eigenvalue weighted by atomic mass is 10.2. The van der Waals surface area contributed by atoms with Crippen molar-refractivity contribution in [3.05, 3.63) is 57.7 Å². The predicted octanol–water partition coefficient (Wildman–Crippen LogP) is 3.87. The number of piperazine rings is 1. The predicted molar refractivity (Wildman–Crippen MR) is 133 cm³/mol. The minimum absolute atomic E-state index is 0.240. The van der Waals surface area contributed by atoms with E-state index >= 15 is 0 Å². The van der Waals surface area contributed by atoms with Crippen molar-refractivity contribution in [1.29, 1.82) is 0 Å². The molecule has 3 rings (SSSR count). The van der Waals surface area contributed by atoms with E-state index in [1.807, 2.05) is 48.2 Å². The van der Waals surface area contributed by atoms with Gasteiger partial charge in [-0.3, -0.25) is 14.9 Å². The van der Waals surface area contributed by atoms with Gasteiger partial charge >= 0.3 is 0 Å². The van der Waals surface area contributed by atoms with Crippen LogP contribution in [-0.4, -0.2) is 48.0 Å². The van der Waals surface area contributed by atoms with Gasteiger partial charge in [0.25, 0.3) is 5.91 Å². The Morgan fingerprint density at radius 2 is 1.63 bits per heavy atom. The van der Waals surface area contributed by atoms with Gasteiger partial charge in [-0.15, -0.1) is 0 Å². The molecule has 0 radical (unpaired) electrons. The number of carbonyl (C=O) groups excluding carboxylic acids is 2. The topological polar surface area (TPSA) is 64.7 Å². The molecule has 0 bridgehead atoms. The van der Waals surface area contributed by atoms with Gasteiger partial charge in [0, 0.05) is 53.1 Å². The Hall–Kier alpha value is -2.20. The Morgan fingerprint density at radius 3 is 2.23 bits per heavy atom. The molecule has 0 aromatic heterocycles. The maximum absolute atomic E-state index is 12.3. The molecule has 2 amide bonds. The summed E-state index contributed by atoms with van der Waals surface area (Å²) in [6.07, 6.45) is 1.51. The van der Waals surface area contributed by atoms with E-state index in [9.17, 15) is 9.59 Å². The Morgan fingerprint density at radius 1 is 1.00 bits per heavy atom. The van der Waals surface area contributed by atoms with Crippen molar-refractivity contribution >= 4 is 63.1 Å². The quantitative estimate of drug-likeness (QED) is 0.449. The molecule has 2 N–H and O–H groups in total. The van der Waals surface area contributed by atoms with Crippen LogP contribution in [0.3, 0.4) is 0 Å². The van der Waals surface area contributed by atoms with Crippen molar-refractivity contribution < 1.29 is 9.59 Å². The average Bonchev–Trinajstić information content (AvgIpc) is 2.75. The number of carbonyl (C=O) groups is 2. The highest BCUT2D eigenvalue weighted by Crippen LogP contribution is 2.20. The third-order valence-electron chi connectivity index (χ3n) is 4.92. The highest BCUT2D eigenvalue weighted by atomic mass is 127. The van der Waals surface area contributed by atoms with E-state index in [1.165, 1.54) is 0 Å². The lowest BCUT2D eigenvalue weighted by molar-refractivity contribution is -0.131. The molecule has 0 spiro atoms. The fraction of sp³-hybridized carbons (Fsp3) is 0.318. The normalized spacial score (nSPS) is 13.7. The number of nitrogens with one attached hydrogen (secondary N) is 2. The standard InChI is InChI=1S/C22H25IN4O2S/c1-2-3-20(28)27-14-12-26(13-15-27)19-10-8-18(9-11-19)24-22(30)25-21(29)16-4-6-17(23)7-5-16/h4-11H,2-3,12-15H2,1H3,(H2,24,25,29,30). The zero-order valence-electron chi connectivity index (χ0n) is 16.9. The summed E-state index contributed by atoms with van der Waals surface area (Å²) in [4.78, 5) is 28.5. The van der Waals surface area contributed by atoms with Crippen molar-refractivity contribution in [1.82, 2.24) is 10.2 Å². The maximum atomic E-state index is 12.3. The van der Waals surface area contributed by atoms with Crippen LogP contribution in [-0.2, 0) is 4.79 Å². The van der Waals surface area contributed by atoms with Crippen LogP contribution < -0.4 is 15.5 Å². The van der Waals surface area contributed by atoms with Crippen LogP contribution in [0, 0.1) is 3.57 Å². The van der Waals surface area contributed by atoms with Crippen LogP contribution in [0.1, 0.15) is 30.1 Å². The van der Waals surface area contributed by atoms with Crippen LogP contribution in [0.15, 0.2) is 48.5 Å². The molecule has 0 saturated carbocycles. The number of halogens is 1. The molecular weight excluding hydrogens is 511 g/mol. The highest BCUT2D eigenvalue weighted by Gasteiger charge is 2.20. The second-order valence-corrected chi connectivity index (χ2v) is 8.73. The highest BCUT2D eigenvalue weighted by molar-refractivity contribution is 14.1. The summed E-state index contributed by atoms with van der Waals surface area (Å²) in [6.45, 7) is 5.20. The summed E-state index contributed by atoms with van der Waals surface area (Å²) in [5, 5.41) is 6.00. The zero-order chi connectivity index (χ0) is 21.5. The van der Waals surface area contributed by atoms with Crippen molar-refractivity contribution in [3.63, 3.8) is 0 Å². The molecular formula is C22H25IN4O2S. The molecule has 1 aliphatic rings. The van der Waals surface area contributed by atoms with E-state index in [0.717, 1.165) is 47.5 Å². The second kappa shape index (κ2) is 10.7. The van der Waals surface area contributed by atoms with Gasteiger partial charge in [-0.05, 0) is 89.8 Å². The van der Waals surface area contributed by atoms with E-state index in [-0.39, 0.29) is 16.9 Å². The first-order valence-electron chi connectivity index (χ1n) is 9.97. The summed E-state index contributed by atoms with van der Waals surface area (Å²) in [6, 6.07) is 15.2. The van der Waals surface area contributed by atoms with Gasteiger partial charge in [0.15, 0.2) is 5.11 Å². The molecule has 0 atom stereocenters. The third-order valence-corrected chi connectivity index (χ3v) is 5.84. The summed E-state index contributed by atoms with van der Waals surface area (Å²) >= 11 is 7.46. The van der Waals surface area contributed by atoms with Crippen molar-refractivity contribution in [2.45, 2.75) is 19.8 Å². The van der Waals surface area contributed by atoms with E-state index in [1.54, 1.807) is 12.1 Å². The Kier molecular flexibility index (Phi) is 8.03. The summed E-state index contributed by atoms with van der Waals surface area (Å²) in [5.74, 6) is 0.00788. The fourth-order valence-corrected chi connectivity index (χ4v) is 3.85. The molecule has 6 nitrogen and oxygen atoms in total. The van der Waals surface area contributed by atoms with Gasteiger partial charge in [0.2, 0.25) is 5.91 Å². The van der Waals surface area contributed by atoms with Gasteiger partial charge in [-0.1, -0.05) is 6.92 Å². The molecule has 0 aliphatic carbocycles. The Labute approximate surface area is 196 Å². The van der Waals surface area contributed by atoms with Crippen LogP contribution in [0.5, 0.6) is 0 Å². The van der Waals surface area contributed by atoms with Gasteiger partial charge < -0.3 is 15.1 Å². The lowest BCUT2D eigenvalue weighted by Gasteiger charge is -2.36. The molecule has 158 valence electrons. The van der Waals surface area contributed by atoms with Gasteiger partial charge in [0.05, 0.1) is 0 Å². The largest absolute Gasteiger partial charge is 0.368 e. The van der Waals surface area contributed by atoms with E-state index in [2.05, 4.69) is 38.1 Å². The summed E-state index contributed by atoms with van der Waals surface area (Å²) < 4.78 is 1.07. The van der Waals surface area contributed by atoms with Crippen LogP contribution >= 0.6 is 34.8 Å². The van der Waals surface area contributed by atoms with Crippen LogP contribution in [0.25, 0.3) is 0 Å². The zero-order valence-corrected chi connectivity index (χ0v) is 19.8. The molecule has 1 aliphatic heterocycles. The first-order chi connectivity index (χ1) is 14.5. The number of rotatable bonds is 5. The van der Waals surface area contributed by atoms with Gasteiger partial charge in [0.1, 0.15) is 0 Å². The number of amides is 2. The Bertz CT molecular complexity index is 894. The second-order valence-electron chi connectivity index (χ2n) is 7.08. The molecule has 30 heavy (non-hydrogen) atoms. The molecule has 1 heterocycles. The first-order valence-corrected chi connectivity index (χ1v) is 11.5. The van der Waals surface area contributed by atoms with E-state index in [4.69, 9.17) is 12.2 Å². The minimum atomic E-state index is -0.240. The molecule has 2 aromatic rings. The van der Waals surface area contributed by atoms with Gasteiger partial charge in [-0.25, -0.2) is 0 Å². The molecule has 1 fully saturated rings. The molecule has 8 heteroatoms. The molecule has 1 saturated heterocycles. The molecule has 0 unspecified atom stereocenters. The first kappa shape index (κ1) is 22.5. The monoisotopic (exact) mass is 536 g/mol. The average molecular weight is 536 g/mol. The number of hydrogen-bond acceptors (Lipinski definition) is 4. The summed E-state index contributed by atoms with van der Waals surface area (Å²) in [7, 11) is 0. The molecule has 2 aromatic carbocycles. The third kappa shape index (κ3) is 6.15.